The first-order valence-electron chi connectivity index (χ1n) is 7.11. The molecule has 2 fully saturated rings. The van der Waals surface area contributed by atoms with Crippen LogP contribution in [-0.4, -0.2) is 47.5 Å². The van der Waals surface area contributed by atoms with E-state index in [1.165, 1.54) is 0 Å². The largest absolute Gasteiger partial charge is 0.379 e. The van der Waals surface area contributed by atoms with Gasteiger partial charge in [0.2, 0.25) is 0 Å². The van der Waals surface area contributed by atoms with E-state index in [4.69, 9.17) is 4.74 Å². The van der Waals surface area contributed by atoms with Gasteiger partial charge in [-0.15, -0.1) is 0 Å². The van der Waals surface area contributed by atoms with Crippen LogP contribution in [0.2, 0.25) is 0 Å². The number of nitrogens with zero attached hydrogens (tertiary/aromatic N) is 2. The Morgan fingerprint density at radius 1 is 1.26 bits per heavy atom. The molecule has 0 aromatic carbocycles. The molecule has 4 nitrogen and oxygen atoms in total. The lowest BCUT2D eigenvalue weighted by Gasteiger charge is -2.42. The number of ether oxygens (including phenoxy) is 1. The van der Waals surface area contributed by atoms with Gasteiger partial charge in [0, 0.05) is 31.0 Å². The summed E-state index contributed by atoms with van der Waals surface area (Å²) in [4.78, 5) is 19.4. The van der Waals surface area contributed by atoms with E-state index in [1.807, 2.05) is 12.1 Å². The van der Waals surface area contributed by atoms with Crippen LogP contribution >= 0.6 is 0 Å². The molecule has 1 saturated heterocycles. The average molecular weight is 260 g/mol. The lowest BCUT2D eigenvalue weighted by atomic mass is 9.86. The molecule has 0 N–H and O–H groups in total. The van der Waals surface area contributed by atoms with Crippen LogP contribution < -0.4 is 0 Å². The van der Waals surface area contributed by atoms with Crippen molar-refractivity contribution in [2.45, 2.75) is 31.2 Å². The lowest BCUT2D eigenvalue weighted by Crippen LogP contribution is -2.56. The van der Waals surface area contributed by atoms with Gasteiger partial charge in [-0.2, -0.15) is 0 Å². The highest BCUT2D eigenvalue weighted by atomic mass is 16.5. The summed E-state index contributed by atoms with van der Waals surface area (Å²) >= 11 is 0. The first-order chi connectivity index (χ1) is 9.33. The SMILES string of the molecule is O=C(c1cccnc1)C1(N2CCOCC2)CCCC1. The molecule has 1 aromatic heterocycles. The Balaban J connectivity index is 1.89. The summed E-state index contributed by atoms with van der Waals surface area (Å²) in [7, 11) is 0. The molecule has 3 rings (SSSR count). The van der Waals surface area contributed by atoms with Crippen LogP contribution in [0.5, 0.6) is 0 Å². The highest BCUT2D eigenvalue weighted by Crippen LogP contribution is 2.38. The molecule has 1 saturated carbocycles. The molecular formula is C15H20N2O2. The molecule has 102 valence electrons. The number of Topliss-reactive ketones (excluding diaryl/α,β-unsaturated/α-hetero) is 1. The van der Waals surface area contributed by atoms with Gasteiger partial charge >= 0.3 is 0 Å². The monoisotopic (exact) mass is 260 g/mol. The molecule has 0 amide bonds. The number of hydrogen-bond acceptors (Lipinski definition) is 4. The zero-order chi connectivity index (χ0) is 13.1. The van der Waals surface area contributed by atoms with Crippen molar-refractivity contribution in [2.75, 3.05) is 26.3 Å². The van der Waals surface area contributed by atoms with Crippen LogP contribution in [0.25, 0.3) is 0 Å². The summed E-state index contributed by atoms with van der Waals surface area (Å²) in [5.41, 5.74) is 0.447. The number of carbonyl (C=O) groups is 1. The molecule has 2 aliphatic rings. The van der Waals surface area contributed by atoms with Crippen LogP contribution in [0.3, 0.4) is 0 Å². The zero-order valence-electron chi connectivity index (χ0n) is 11.2. The predicted octanol–water partition coefficient (Wildman–Crippen LogP) is 1.91. The molecule has 1 aliphatic heterocycles. The van der Waals surface area contributed by atoms with Gasteiger partial charge in [0.05, 0.1) is 18.8 Å². The Labute approximate surface area is 113 Å². The molecule has 1 aliphatic carbocycles. The number of carbonyl (C=O) groups excluding carboxylic acids is 1. The predicted molar refractivity (Wildman–Crippen MR) is 72.2 cm³/mol. The third-order valence-corrected chi connectivity index (χ3v) is 4.39. The van der Waals surface area contributed by atoms with Gasteiger partial charge in [-0.25, -0.2) is 0 Å². The van der Waals surface area contributed by atoms with E-state index in [0.717, 1.165) is 57.6 Å². The van der Waals surface area contributed by atoms with E-state index in [1.54, 1.807) is 12.4 Å². The second kappa shape index (κ2) is 5.39. The second-order valence-electron chi connectivity index (χ2n) is 5.41. The van der Waals surface area contributed by atoms with Gasteiger partial charge in [0.15, 0.2) is 5.78 Å². The summed E-state index contributed by atoms with van der Waals surface area (Å²) in [5.74, 6) is 0.250. The van der Waals surface area contributed by atoms with E-state index in [9.17, 15) is 4.79 Å². The van der Waals surface area contributed by atoms with Crippen LogP contribution in [0, 0.1) is 0 Å². The highest BCUT2D eigenvalue weighted by Gasteiger charge is 2.46. The number of ketones is 1. The maximum absolute atomic E-state index is 12.9. The van der Waals surface area contributed by atoms with E-state index in [2.05, 4.69) is 9.88 Å². The van der Waals surface area contributed by atoms with Gasteiger partial charge in [0.1, 0.15) is 0 Å². The van der Waals surface area contributed by atoms with E-state index < -0.39 is 0 Å². The Bertz CT molecular complexity index is 435. The zero-order valence-corrected chi connectivity index (χ0v) is 11.2. The second-order valence-corrected chi connectivity index (χ2v) is 5.41. The number of hydrogen-bond donors (Lipinski definition) is 0. The third-order valence-electron chi connectivity index (χ3n) is 4.39. The standard InChI is InChI=1S/C15H20N2O2/c18-14(13-4-3-7-16-12-13)15(5-1-2-6-15)17-8-10-19-11-9-17/h3-4,7,12H,1-2,5-6,8-11H2. The van der Waals surface area contributed by atoms with Crippen LogP contribution in [-0.2, 0) is 4.74 Å². The fourth-order valence-corrected chi connectivity index (χ4v) is 3.40. The third kappa shape index (κ3) is 2.30. The van der Waals surface area contributed by atoms with Crippen LogP contribution in [0.15, 0.2) is 24.5 Å². The summed E-state index contributed by atoms with van der Waals surface area (Å²) < 4.78 is 5.42. The van der Waals surface area contributed by atoms with Crippen molar-refractivity contribution in [3.63, 3.8) is 0 Å². The Kier molecular flexibility index (Phi) is 3.62. The summed E-state index contributed by atoms with van der Waals surface area (Å²) in [6, 6.07) is 3.73. The summed E-state index contributed by atoms with van der Waals surface area (Å²) in [5, 5.41) is 0. The molecule has 4 heteroatoms. The van der Waals surface area contributed by atoms with Crippen LogP contribution in [0.1, 0.15) is 36.0 Å². The molecule has 0 spiro atoms. The Morgan fingerprint density at radius 2 is 2.00 bits per heavy atom. The molecule has 2 heterocycles. The van der Waals surface area contributed by atoms with Crippen molar-refractivity contribution < 1.29 is 9.53 Å². The number of rotatable bonds is 3. The van der Waals surface area contributed by atoms with Crippen molar-refractivity contribution in [3.05, 3.63) is 30.1 Å². The maximum atomic E-state index is 12.9. The maximum Gasteiger partial charge on any atom is 0.184 e. The van der Waals surface area contributed by atoms with Crippen molar-refractivity contribution in [1.82, 2.24) is 9.88 Å². The molecule has 19 heavy (non-hydrogen) atoms. The molecule has 1 aromatic rings. The van der Waals surface area contributed by atoms with Gasteiger partial charge in [-0.3, -0.25) is 14.7 Å². The molecule has 0 unspecified atom stereocenters. The smallest absolute Gasteiger partial charge is 0.184 e. The summed E-state index contributed by atoms with van der Waals surface area (Å²) in [6.07, 6.45) is 7.64. The topological polar surface area (TPSA) is 42.4 Å². The van der Waals surface area contributed by atoms with Crippen molar-refractivity contribution >= 4 is 5.78 Å². The van der Waals surface area contributed by atoms with E-state index in [-0.39, 0.29) is 11.3 Å². The fraction of sp³-hybridized carbons (Fsp3) is 0.600. The van der Waals surface area contributed by atoms with Crippen molar-refractivity contribution in [3.8, 4) is 0 Å². The van der Waals surface area contributed by atoms with Crippen LogP contribution in [0.4, 0.5) is 0 Å². The lowest BCUT2D eigenvalue weighted by molar-refractivity contribution is -0.0130. The molecular weight excluding hydrogens is 240 g/mol. The quantitative estimate of drug-likeness (QED) is 0.779. The average Bonchev–Trinajstić information content (AvgIpc) is 2.99. The first kappa shape index (κ1) is 12.8. The first-order valence-corrected chi connectivity index (χ1v) is 7.11. The van der Waals surface area contributed by atoms with E-state index >= 15 is 0 Å². The molecule has 0 radical (unpaired) electrons. The summed E-state index contributed by atoms with van der Waals surface area (Å²) in [6.45, 7) is 3.21. The number of aromatic nitrogens is 1. The van der Waals surface area contributed by atoms with E-state index in [0.29, 0.717) is 0 Å². The van der Waals surface area contributed by atoms with Gasteiger partial charge in [-0.05, 0) is 25.0 Å². The van der Waals surface area contributed by atoms with Gasteiger partial charge in [0.25, 0.3) is 0 Å². The minimum atomic E-state index is -0.299. The molecule has 0 atom stereocenters. The fourth-order valence-electron chi connectivity index (χ4n) is 3.40. The van der Waals surface area contributed by atoms with Crippen molar-refractivity contribution in [2.24, 2.45) is 0 Å². The Morgan fingerprint density at radius 3 is 2.63 bits per heavy atom. The molecule has 0 bridgehead atoms. The number of pyridine rings is 1. The minimum Gasteiger partial charge on any atom is -0.379 e. The number of morpholine rings is 1. The minimum absolute atomic E-state index is 0.250. The van der Waals surface area contributed by atoms with Gasteiger partial charge < -0.3 is 4.74 Å². The van der Waals surface area contributed by atoms with Crippen molar-refractivity contribution in [1.29, 1.82) is 0 Å². The van der Waals surface area contributed by atoms with Gasteiger partial charge in [-0.1, -0.05) is 12.8 Å². The Hall–Kier alpha value is -1.26. The highest BCUT2D eigenvalue weighted by molar-refractivity contribution is 6.03. The normalized spacial score (nSPS) is 23.4.